The van der Waals surface area contributed by atoms with Crippen molar-refractivity contribution in [3.05, 3.63) is 53.4 Å². The molecule has 1 N–H and O–H groups in total. The van der Waals surface area contributed by atoms with E-state index in [1.807, 2.05) is 37.3 Å². The van der Waals surface area contributed by atoms with Crippen molar-refractivity contribution < 1.29 is 18.7 Å². The smallest absolute Gasteiger partial charge is 0.269 e. The van der Waals surface area contributed by atoms with Gasteiger partial charge in [-0.2, -0.15) is 5.10 Å². The van der Waals surface area contributed by atoms with Crippen molar-refractivity contribution in [1.82, 2.24) is 15.1 Å². The van der Waals surface area contributed by atoms with E-state index in [1.165, 1.54) is 0 Å². The predicted molar refractivity (Wildman–Crippen MR) is 101 cm³/mol. The van der Waals surface area contributed by atoms with Gasteiger partial charge in [0.25, 0.3) is 5.91 Å². The van der Waals surface area contributed by atoms with Crippen LogP contribution in [0.3, 0.4) is 0 Å². The Morgan fingerprint density at radius 2 is 1.93 bits per heavy atom. The molecule has 7 nitrogen and oxygen atoms in total. The van der Waals surface area contributed by atoms with Crippen molar-refractivity contribution in [2.75, 3.05) is 20.8 Å². The van der Waals surface area contributed by atoms with E-state index in [-0.39, 0.29) is 5.91 Å². The number of hydrogen-bond donors (Lipinski definition) is 1. The highest BCUT2D eigenvalue weighted by Gasteiger charge is 2.16. The number of rotatable bonds is 7. The molecule has 1 aromatic carbocycles. The van der Waals surface area contributed by atoms with Crippen LogP contribution in [0, 0.1) is 6.92 Å². The number of ether oxygens (including phenoxy) is 2. The second-order valence-corrected chi connectivity index (χ2v) is 6.14. The molecule has 0 atom stereocenters. The number of carbonyl (C=O) groups is 1. The van der Waals surface area contributed by atoms with Crippen molar-refractivity contribution in [3.8, 4) is 23.0 Å². The maximum atomic E-state index is 12.5. The number of aryl methyl sites for hydroxylation is 2. The molecular formula is C20H23N3O4. The third-order valence-corrected chi connectivity index (χ3v) is 4.25. The van der Waals surface area contributed by atoms with Crippen molar-refractivity contribution in [2.45, 2.75) is 13.3 Å². The summed E-state index contributed by atoms with van der Waals surface area (Å²) in [5.41, 5.74) is 2.16. The first kappa shape index (κ1) is 18.6. The number of carbonyl (C=O) groups excluding carboxylic acids is 1. The van der Waals surface area contributed by atoms with Crippen LogP contribution in [-0.4, -0.2) is 36.5 Å². The second kappa shape index (κ2) is 7.99. The molecule has 0 saturated heterocycles. The zero-order valence-corrected chi connectivity index (χ0v) is 15.9. The second-order valence-electron chi connectivity index (χ2n) is 6.14. The molecule has 0 aliphatic rings. The minimum absolute atomic E-state index is 0.181. The van der Waals surface area contributed by atoms with Crippen LogP contribution < -0.4 is 14.8 Å². The lowest BCUT2D eigenvalue weighted by molar-refractivity contribution is 0.0944. The lowest BCUT2D eigenvalue weighted by atomic mass is 10.1. The molecule has 0 aliphatic carbocycles. The predicted octanol–water partition coefficient (Wildman–Crippen LogP) is 2.98. The average molecular weight is 369 g/mol. The van der Waals surface area contributed by atoms with Gasteiger partial charge in [-0.05, 0) is 43.2 Å². The summed E-state index contributed by atoms with van der Waals surface area (Å²) in [6.45, 7) is 2.36. The molecule has 0 spiro atoms. The molecule has 142 valence electrons. The molecule has 0 radical (unpaired) electrons. The largest absolute Gasteiger partial charge is 0.493 e. The fraction of sp³-hybridized carbons (Fsp3) is 0.300. The van der Waals surface area contributed by atoms with Gasteiger partial charge in [0.1, 0.15) is 17.1 Å². The topological polar surface area (TPSA) is 78.5 Å². The lowest BCUT2D eigenvalue weighted by Gasteiger charge is -2.10. The molecule has 0 aliphatic heterocycles. The average Bonchev–Trinajstić information content (AvgIpc) is 3.27. The van der Waals surface area contributed by atoms with Gasteiger partial charge >= 0.3 is 0 Å². The number of amides is 1. The molecule has 0 unspecified atom stereocenters. The van der Waals surface area contributed by atoms with Crippen LogP contribution in [-0.2, 0) is 13.5 Å². The summed E-state index contributed by atoms with van der Waals surface area (Å²) in [5.74, 6) is 2.62. The zero-order chi connectivity index (χ0) is 19.4. The molecule has 0 saturated carbocycles. The maximum absolute atomic E-state index is 12.5. The van der Waals surface area contributed by atoms with Crippen molar-refractivity contribution >= 4 is 5.91 Å². The summed E-state index contributed by atoms with van der Waals surface area (Å²) in [7, 11) is 4.94. The Morgan fingerprint density at radius 3 is 2.59 bits per heavy atom. The van der Waals surface area contributed by atoms with Crippen LogP contribution in [0.2, 0.25) is 0 Å². The fourth-order valence-electron chi connectivity index (χ4n) is 2.82. The van der Waals surface area contributed by atoms with Gasteiger partial charge in [0.15, 0.2) is 17.3 Å². The van der Waals surface area contributed by atoms with Gasteiger partial charge in [0.2, 0.25) is 0 Å². The third kappa shape index (κ3) is 4.13. The zero-order valence-electron chi connectivity index (χ0n) is 15.9. The summed E-state index contributed by atoms with van der Waals surface area (Å²) in [6.07, 6.45) is 0.675. The Hall–Kier alpha value is -3.22. The van der Waals surface area contributed by atoms with Crippen LogP contribution in [0.1, 0.15) is 21.8 Å². The van der Waals surface area contributed by atoms with Crippen LogP contribution >= 0.6 is 0 Å². The van der Waals surface area contributed by atoms with Crippen molar-refractivity contribution in [3.63, 3.8) is 0 Å². The molecule has 7 heteroatoms. The van der Waals surface area contributed by atoms with E-state index in [2.05, 4.69) is 10.4 Å². The number of hydrogen-bond acceptors (Lipinski definition) is 5. The van der Waals surface area contributed by atoms with E-state index in [0.717, 1.165) is 11.3 Å². The third-order valence-electron chi connectivity index (χ3n) is 4.25. The van der Waals surface area contributed by atoms with E-state index < -0.39 is 0 Å². The number of aromatic nitrogens is 2. The molecule has 2 heterocycles. The number of methoxy groups -OCH3 is 2. The summed E-state index contributed by atoms with van der Waals surface area (Å²) >= 11 is 0. The number of nitrogens with one attached hydrogen (secondary N) is 1. The first-order valence-electron chi connectivity index (χ1n) is 8.61. The standard InChI is InChI=1S/C20H23N3O4/c1-13-5-7-17(27-13)15-12-16(23(2)22-15)20(24)21-10-9-14-6-8-18(25-3)19(11-14)26-4/h5-8,11-12H,9-10H2,1-4H3,(H,21,24). The van der Waals surface area contributed by atoms with Crippen molar-refractivity contribution in [2.24, 2.45) is 7.05 Å². The van der Waals surface area contributed by atoms with Gasteiger partial charge in [0.05, 0.1) is 14.2 Å². The lowest BCUT2D eigenvalue weighted by Crippen LogP contribution is -2.27. The number of nitrogens with zero attached hydrogens (tertiary/aromatic N) is 2. The van der Waals surface area contributed by atoms with Gasteiger partial charge in [0, 0.05) is 19.7 Å². The Labute approximate surface area is 157 Å². The Balaban J connectivity index is 1.62. The van der Waals surface area contributed by atoms with Crippen LogP contribution in [0.25, 0.3) is 11.5 Å². The van der Waals surface area contributed by atoms with E-state index in [0.29, 0.717) is 41.6 Å². The van der Waals surface area contributed by atoms with Gasteiger partial charge in [-0.15, -0.1) is 0 Å². The monoisotopic (exact) mass is 369 g/mol. The van der Waals surface area contributed by atoms with Gasteiger partial charge in [-0.3, -0.25) is 9.48 Å². The Morgan fingerprint density at radius 1 is 1.15 bits per heavy atom. The quantitative estimate of drug-likeness (QED) is 0.693. The number of benzene rings is 1. The van der Waals surface area contributed by atoms with E-state index in [1.54, 1.807) is 32.0 Å². The van der Waals surface area contributed by atoms with Gasteiger partial charge in [-0.1, -0.05) is 6.07 Å². The molecular weight excluding hydrogens is 346 g/mol. The highest BCUT2D eigenvalue weighted by atomic mass is 16.5. The highest BCUT2D eigenvalue weighted by Crippen LogP contribution is 2.27. The SMILES string of the molecule is COc1ccc(CCNC(=O)c2cc(-c3ccc(C)o3)nn2C)cc1OC. The van der Waals surface area contributed by atoms with E-state index in [9.17, 15) is 4.79 Å². The maximum Gasteiger partial charge on any atom is 0.269 e. The summed E-state index contributed by atoms with van der Waals surface area (Å²) in [6, 6.07) is 11.2. The first-order chi connectivity index (χ1) is 13.0. The fourth-order valence-corrected chi connectivity index (χ4v) is 2.82. The normalized spacial score (nSPS) is 10.7. The van der Waals surface area contributed by atoms with Crippen LogP contribution in [0.4, 0.5) is 0 Å². The summed E-state index contributed by atoms with van der Waals surface area (Å²) in [5, 5.41) is 7.28. The van der Waals surface area contributed by atoms with Crippen molar-refractivity contribution in [1.29, 1.82) is 0 Å². The van der Waals surface area contributed by atoms with E-state index >= 15 is 0 Å². The molecule has 0 bridgehead atoms. The highest BCUT2D eigenvalue weighted by molar-refractivity contribution is 5.93. The molecule has 3 aromatic rings. The van der Waals surface area contributed by atoms with Crippen LogP contribution in [0.5, 0.6) is 11.5 Å². The Bertz CT molecular complexity index is 943. The number of furan rings is 1. The molecule has 3 rings (SSSR count). The molecule has 1 amide bonds. The molecule has 2 aromatic heterocycles. The minimum atomic E-state index is -0.181. The summed E-state index contributed by atoms with van der Waals surface area (Å²) < 4.78 is 17.7. The van der Waals surface area contributed by atoms with Gasteiger partial charge in [-0.25, -0.2) is 0 Å². The Kier molecular flexibility index (Phi) is 5.49. The first-order valence-corrected chi connectivity index (χ1v) is 8.61. The molecule has 0 fully saturated rings. The molecule has 27 heavy (non-hydrogen) atoms. The van der Waals surface area contributed by atoms with E-state index in [4.69, 9.17) is 13.9 Å². The minimum Gasteiger partial charge on any atom is -0.493 e. The van der Waals surface area contributed by atoms with Crippen LogP contribution in [0.15, 0.2) is 40.8 Å². The summed E-state index contributed by atoms with van der Waals surface area (Å²) in [4.78, 5) is 12.5. The van der Waals surface area contributed by atoms with Gasteiger partial charge < -0.3 is 19.2 Å².